The van der Waals surface area contributed by atoms with Crippen molar-refractivity contribution < 1.29 is 14.3 Å². The van der Waals surface area contributed by atoms with Crippen LogP contribution in [0, 0.1) is 0 Å². The van der Waals surface area contributed by atoms with Gasteiger partial charge in [-0.15, -0.1) is 0 Å². The van der Waals surface area contributed by atoms with Gasteiger partial charge in [-0.25, -0.2) is 0 Å². The molecule has 1 atom stereocenters. The van der Waals surface area contributed by atoms with Gasteiger partial charge >= 0.3 is 0 Å². The molecule has 1 unspecified atom stereocenters. The highest BCUT2D eigenvalue weighted by Gasteiger charge is 2.13. The first kappa shape index (κ1) is 17.5. The smallest absolute Gasteiger partial charge is 0.258 e. The minimum Gasteiger partial charge on any atom is -0.483 e. The average molecular weight is 326 g/mol. The first-order valence-corrected chi connectivity index (χ1v) is 7.91. The average Bonchev–Trinajstić information content (AvgIpc) is 2.60. The summed E-state index contributed by atoms with van der Waals surface area (Å²) in [5.74, 6) is -0.545. The molecule has 3 N–H and O–H groups in total. The molecule has 5 nitrogen and oxygen atoms in total. The molecular weight excluding hydrogens is 304 g/mol. The summed E-state index contributed by atoms with van der Waals surface area (Å²) in [6.07, 6.45) is 0.980. The lowest BCUT2D eigenvalue weighted by Crippen LogP contribution is -2.31. The highest BCUT2D eigenvalue weighted by molar-refractivity contribution is 5.95. The van der Waals surface area contributed by atoms with E-state index in [1.165, 1.54) is 5.56 Å². The summed E-state index contributed by atoms with van der Waals surface area (Å²) in [6.45, 7) is 3.83. The second kappa shape index (κ2) is 8.15. The van der Waals surface area contributed by atoms with Crippen LogP contribution in [0.25, 0.3) is 0 Å². The number of hydrogen-bond donors (Lipinski definition) is 2. The Kier molecular flexibility index (Phi) is 5.95. The predicted octanol–water partition coefficient (Wildman–Crippen LogP) is 2.60. The molecular formula is C19H22N2O3. The van der Waals surface area contributed by atoms with Crippen molar-refractivity contribution in [3.8, 4) is 5.75 Å². The minimum atomic E-state index is -0.588. The fraction of sp³-hybridized carbons (Fsp3) is 0.263. The van der Waals surface area contributed by atoms with Gasteiger partial charge in [0.2, 0.25) is 0 Å². The van der Waals surface area contributed by atoms with Gasteiger partial charge in [-0.2, -0.15) is 0 Å². The normalized spacial score (nSPS) is 11.6. The van der Waals surface area contributed by atoms with Gasteiger partial charge in [0, 0.05) is 0 Å². The van der Waals surface area contributed by atoms with Crippen LogP contribution in [0.3, 0.4) is 0 Å². The Balaban J connectivity index is 1.92. The first-order chi connectivity index (χ1) is 11.5. The highest BCUT2D eigenvalue weighted by atomic mass is 16.5. The number of nitrogens with two attached hydrogens (primary N) is 1. The van der Waals surface area contributed by atoms with E-state index in [4.69, 9.17) is 10.5 Å². The Morgan fingerprint density at radius 3 is 2.42 bits per heavy atom. The Hall–Kier alpha value is -2.82. The fourth-order valence-corrected chi connectivity index (χ4v) is 2.35. The van der Waals surface area contributed by atoms with E-state index >= 15 is 0 Å². The van der Waals surface area contributed by atoms with Gasteiger partial charge < -0.3 is 15.8 Å². The summed E-state index contributed by atoms with van der Waals surface area (Å²) in [7, 11) is 0. The molecule has 2 rings (SSSR count). The zero-order valence-electron chi connectivity index (χ0n) is 13.9. The van der Waals surface area contributed by atoms with Crippen LogP contribution in [0.15, 0.2) is 48.5 Å². The molecule has 0 radical (unpaired) electrons. The lowest BCUT2D eigenvalue weighted by Gasteiger charge is -2.15. The molecule has 0 aliphatic carbocycles. The topological polar surface area (TPSA) is 81.4 Å². The van der Waals surface area contributed by atoms with Crippen LogP contribution in [-0.2, 0) is 11.2 Å². The van der Waals surface area contributed by atoms with Gasteiger partial charge in [0.25, 0.3) is 11.8 Å². The number of hydrogen-bond acceptors (Lipinski definition) is 3. The molecule has 0 aliphatic rings. The van der Waals surface area contributed by atoms with E-state index in [2.05, 4.69) is 24.4 Å². The lowest BCUT2D eigenvalue weighted by molar-refractivity contribution is -0.123. The summed E-state index contributed by atoms with van der Waals surface area (Å²) in [5, 5.41) is 2.87. The van der Waals surface area contributed by atoms with E-state index in [0.29, 0.717) is 5.75 Å². The maximum absolute atomic E-state index is 12.1. The van der Waals surface area contributed by atoms with E-state index in [1.54, 1.807) is 24.3 Å². The Bertz CT molecular complexity index is 711. The number of para-hydroxylation sites is 1. The summed E-state index contributed by atoms with van der Waals surface area (Å²) >= 11 is 0. The van der Waals surface area contributed by atoms with E-state index in [0.717, 1.165) is 12.0 Å². The molecule has 126 valence electrons. The third-order valence-corrected chi connectivity index (χ3v) is 3.78. The van der Waals surface area contributed by atoms with Gasteiger partial charge in [-0.1, -0.05) is 43.3 Å². The van der Waals surface area contributed by atoms with Crippen molar-refractivity contribution >= 4 is 11.8 Å². The molecule has 2 aromatic rings. The maximum Gasteiger partial charge on any atom is 0.258 e. The van der Waals surface area contributed by atoms with Crippen molar-refractivity contribution in [2.45, 2.75) is 26.3 Å². The van der Waals surface area contributed by atoms with Crippen molar-refractivity contribution in [1.82, 2.24) is 5.32 Å². The molecule has 0 heterocycles. The molecule has 0 saturated heterocycles. The van der Waals surface area contributed by atoms with Gasteiger partial charge in [-0.05, 0) is 36.6 Å². The van der Waals surface area contributed by atoms with Gasteiger partial charge in [0.1, 0.15) is 5.75 Å². The van der Waals surface area contributed by atoms with Crippen molar-refractivity contribution in [1.29, 1.82) is 0 Å². The van der Waals surface area contributed by atoms with Crippen molar-refractivity contribution in [3.63, 3.8) is 0 Å². The molecule has 0 aromatic heterocycles. The maximum atomic E-state index is 12.1. The summed E-state index contributed by atoms with van der Waals surface area (Å²) in [4.78, 5) is 23.4. The van der Waals surface area contributed by atoms with E-state index in [9.17, 15) is 9.59 Å². The quantitative estimate of drug-likeness (QED) is 0.820. The Morgan fingerprint density at radius 1 is 1.12 bits per heavy atom. The molecule has 0 fully saturated rings. The molecule has 2 amide bonds. The predicted molar refractivity (Wildman–Crippen MR) is 92.8 cm³/mol. The van der Waals surface area contributed by atoms with Crippen LogP contribution < -0.4 is 15.8 Å². The monoisotopic (exact) mass is 326 g/mol. The molecule has 5 heteroatoms. The molecule has 0 bridgehead atoms. The van der Waals surface area contributed by atoms with Crippen molar-refractivity contribution in [2.24, 2.45) is 5.73 Å². The van der Waals surface area contributed by atoms with Crippen LogP contribution in [0.1, 0.15) is 41.4 Å². The largest absolute Gasteiger partial charge is 0.483 e. The highest BCUT2D eigenvalue weighted by Crippen LogP contribution is 2.17. The van der Waals surface area contributed by atoms with Gasteiger partial charge in [0.05, 0.1) is 11.6 Å². The molecule has 24 heavy (non-hydrogen) atoms. The number of carbonyl (C=O) groups excluding carboxylic acids is 2. The minimum absolute atomic E-state index is 0.126. The number of rotatable bonds is 7. The third-order valence-electron chi connectivity index (χ3n) is 3.78. The summed E-state index contributed by atoms with van der Waals surface area (Å²) in [5.41, 5.74) is 7.82. The zero-order chi connectivity index (χ0) is 17.5. The van der Waals surface area contributed by atoms with Crippen LogP contribution in [0.2, 0.25) is 0 Å². The number of benzene rings is 2. The molecule has 0 aliphatic heterocycles. The zero-order valence-corrected chi connectivity index (χ0v) is 13.9. The Morgan fingerprint density at radius 2 is 1.79 bits per heavy atom. The van der Waals surface area contributed by atoms with E-state index in [1.807, 2.05) is 19.1 Å². The van der Waals surface area contributed by atoms with Crippen LogP contribution in [0.5, 0.6) is 5.75 Å². The van der Waals surface area contributed by atoms with Crippen LogP contribution in [-0.4, -0.2) is 18.4 Å². The van der Waals surface area contributed by atoms with Gasteiger partial charge in [-0.3, -0.25) is 9.59 Å². The first-order valence-electron chi connectivity index (χ1n) is 7.91. The Labute approximate surface area is 141 Å². The van der Waals surface area contributed by atoms with Crippen molar-refractivity contribution in [3.05, 3.63) is 65.2 Å². The molecule has 0 spiro atoms. The molecule has 2 aromatic carbocycles. The van der Waals surface area contributed by atoms with Gasteiger partial charge in [0.15, 0.2) is 6.61 Å². The molecule has 0 saturated carbocycles. The summed E-state index contributed by atoms with van der Waals surface area (Å²) < 4.78 is 5.42. The summed E-state index contributed by atoms with van der Waals surface area (Å²) in [6, 6.07) is 14.6. The van der Waals surface area contributed by atoms with E-state index < -0.39 is 5.91 Å². The second-order valence-corrected chi connectivity index (χ2v) is 5.53. The van der Waals surface area contributed by atoms with Crippen molar-refractivity contribution in [2.75, 3.05) is 6.61 Å². The number of nitrogens with one attached hydrogen (secondary N) is 1. The number of carbonyl (C=O) groups is 2. The third kappa shape index (κ3) is 4.59. The number of ether oxygens (including phenoxy) is 1. The van der Waals surface area contributed by atoms with Crippen LogP contribution in [0.4, 0.5) is 0 Å². The second-order valence-electron chi connectivity index (χ2n) is 5.53. The van der Waals surface area contributed by atoms with E-state index in [-0.39, 0.29) is 24.1 Å². The lowest BCUT2D eigenvalue weighted by atomic mass is 10.1. The fourth-order valence-electron chi connectivity index (χ4n) is 2.35. The number of amides is 2. The standard InChI is InChI=1S/C19H22N2O3/c1-3-14-8-10-15(11-9-14)13(2)21-18(22)12-24-17-7-5-4-6-16(17)19(20)23/h4-11,13H,3,12H2,1-2H3,(H2,20,23)(H,21,22). The number of aryl methyl sites for hydroxylation is 1. The number of primary amides is 1. The van der Waals surface area contributed by atoms with Crippen LogP contribution >= 0.6 is 0 Å². The SMILES string of the molecule is CCc1ccc(C(C)NC(=O)COc2ccccc2C(N)=O)cc1.